The number of rotatable bonds is 4. The molecule has 3 N–H and O–H groups in total. The van der Waals surface area contributed by atoms with E-state index < -0.39 is 5.60 Å². The van der Waals surface area contributed by atoms with Gasteiger partial charge in [-0.3, -0.25) is 4.90 Å². The Kier molecular flexibility index (Phi) is 4.58. The summed E-state index contributed by atoms with van der Waals surface area (Å²) >= 11 is 0. The van der Waals surface area contributed by atoms with Crippen LogP contribution in [-0.4, -0.2) is 60.7 Å². The molecule has 0 aliphatic carbocycles. The van der Waals surface area contributed by atoms with Gasteiger partial charge in [0.1, 0.15) is 0 Å². The number of β-amino-alcohol motifs (C(OH)–C–C–N with tert-alkyl or cyclic N) is 1. The molecule has 2 rings (SSSR count). The van der Waals surface area contributed by atoms with E-state index in [1.54, 1.807) is 0 Å². The van der Waals surface area contributed by atoms with Crippen LogP contribution >= 0.6 is 0 Å². The summed E-state index contributed by atoms with van der Waals surface area (Å²) in [7, 11) is 2.12. The van der Waals surface area contributed by atoms with Crippen molar-refractivity contribution in [2.24, 2.45) is 5.73 Å². The standard InChI is InChI=1S/C15H25N3O/c1-15(19,13-6-4-3-5-7-13)12-18-9-8-17(2)11-14(18)10-16/h3-7,14,19H,8-12,16H2,1-2H3. The molecule has 19 heavy (non-hydrogen) atoms. The molecule has 1 fully saturated rings. The van der Waals surface area contributed by atoms with E-state index in [9.17, 15) is 5.11 Å². The van der Waals surface area contributed by atoms with Gasteiger partial charge in [-0.15, -0.1) is 0 Å². The van der Waals surface area contributed by atoms with Crippen LogP contribution in [0.25, 0.3) is 0 Å². The Morgan fingerprint density at radius 1 is 1.32 bits per heavy atom. The summed E-state index contributed by atoms with van der Waals surface area (Å²) < 4.78 is 0. The van der Waals surface area contributed by atoms with Crippen LogP contribution in [0.1, 0.15) is 12.5 Å². The van der Waals surface area contributed by atoms with Gasteiger partial charge < -0.3 is 15.7 Å². The van der Waals surface area contributed by atoms with Gasteiger partial charge in [-0.25, -0.2) is 0 Å². The fraction of sp³-hybridized carbons (Fsp3) is 0.600. The van der Waals surface area contributed by atoms with Gasteiger partial charge in [0, 0.05) is 38.8 Å². The number of nitrogens with two attached hydrogens (primary N) is 1. The molecule has 1 aliphatic rings. The minimum absolute atomic E-state index is 0.328. The Morgan fingerprint density at radius 3 is 2.63 bits per heavy atom. The van der Waals surface area contributed by atoms with E-state index >= 15 is 0 Å². The van der Waals surface area contributed by atoms with E-state index in [0.29, 0.717) is 19.1 Å². The molecule has 1 saturated heterocycles. The van der Waals surface area contributed by atoms with Crippen molar-refractivity contribution in [2.45, 2.75) is 18.6 Å². The molecule has 4 nitrogen and oxygen atoms in total. The van der Waals surface area contributed by atoms with Crippen molar-refractivity contribution in [3.05, 3.63) is 35.9 Å². The average Bonchev–Trinajstić information content (AvgIpc) is 2.41. The van der Waals surface area contributed by atoms with Gasteiger partial charge in [-0.05, 0) is 19.5 Å². The summed E-state index contributed by atoms with van der Waals surface area (Å²) in [6.07, 6.45) is 0. The molecular weight excluding hydrogens is 238 g/mol. The zero-order valence-electron chi connectivity index (χ0n) is 11.9. The number of piperazine rings is 1. The second-order valence-electron chi connectivity index (χ2n) is 5.76. The lowest BCUT2D eigenvalue weighted by molar-refractivity contribution is -0.0166. The zero-order valence-corrected chi connectivity index (χ0v) is 11.9. The molecule has 4 heteroatoms. The van der Waals surface area contributed by atoms with Gasteiger partial charge >= 0.3 is 0 Å². The van der Waals surface area contributed by atoms with Gasteiger partial charge in [0.25, 0.3) is 0 Å². The molecule has 0 amide bonds. The third-order valence-electron chi connectivity index (χ3n) is 3.99. The highest BCUT2D eigenvalue weighted by atomic mass is 16.3. The molecule has 1 aromatic carbocycles. The number of hydrogen-bond donors (Lipinski definition) is 2. The maximum atomic E-state index is 10.7. The molecule has 2 atom stereocenters. The van der Waals surface area contributed by atoms with Crippen molar-refractivity contribution in [1.82, 2.24) is 9.80 Å². The third-order valence-corrected chi connectivity index (χ3v) is 3.99. The molecule has 0 spiro atoms. The van der Waals surface area contributed by atoms with Crippen LogP contribution in [0.3, 0.4) is 0 Å². The lowest BCUT2D eigenvalue weighted by Gasteiger charge is -2.42. The van der Waals surface area contributed by atoms with Gasteiger partial charge in [-0.1, -0.05) is 30.3 Å². The maximum absolute atomic E-state index is 10.7. The van der Waals surface area contributed by atoms with Gasteiger partial charge in [-0.2, -0.15) is 0 Å². The highest BCUT2D eigenvalue weighted by molar-refractivity contribution is 5.22. The predicted molar refractivity (Wildman–Crippen MR) is 77.9 cm³/mol. The van der Waals surface area contributed by atoms with E-state index in [4.69, 9.17) is 5.73 Å². The van der Waals surface area contributed by atoms with Gasteiger partial charge in [0.2, 0.25) is 0 Å². The molecule has 0 radical (unpaired) electrons. The average molecular weight is 263 g/mol. The third kappa shape index (κ3) is 3.54. The molecule has 0 saturated carbocycles. The van der Waals surface area contributed by atoms with Crippen LogP contribution in [0.15, 0.2) is 30.3 Å². The fourth-order valence-electron chi connectivity index (χ4n) is 2.76. The Morgan fingerprint density at radius 2 is 2.00 bits per heavy atom. The lowest BCUT2D eigenvalue weighted by Crippen LogP contribution is -2.57. The van der Waals surface area contributed by atoms with Crippen LogP contribution in [0, 0.1) is 0 Å². The van der Waals surface area contributed by atoms with E-state index in [1.165, 1.54) is 0 Å². The van der Waals surface area contributed by atoms with Crippen molar-refractivity contribution in [3.8, 4) is 0 Å². The molecule has 2 unspecified atom stereocenters. The van der Waals surface area contributed by atoms with Crippen molar-refractivity contribution in [1.29, 1.82) is 0 Å². The summed E-state index contributed by atoms with van der Waals surface area (Å²) in [5, 5.41) is 10.7. The smallest absolute Gasteiger partial charge is 0.0994 e. The first-order valence-corrected chi connectivity index (χ1v) is 6.93. The molecule has 1 heterocycles. The molecule has 0 bridgehead atoms. The Labute approximate surface area is 115 Å². The lowest BCUT2D eigenvalue weighted by atomic mass is 9.94. The number of likely N-dealkylation sites (N-methyl/N-ethyl adjacent to an activating group) is 1. The monoisotopic (exact) mass is 263 g/mol. The molecule has 1 aromatic rings. The van der Waals surface area contributed by atoms with Crippen LogP contribution in [0.5, 0.6) is 0 Å². The predicted octanol–water partition coefficient (Wildman–Crippen LogP) is 0.469. The number of aliphatic hydroxyl groups is 1. The van der Waals surface area contributed by atoms with Gasteiger partial charge in [0.15, 0.2) is 0 Å². The normalized spacial score (nSPS) is 25.2. The summed E-state index contributed by atoms with van der Waals surface area (Å²) in [4.78, 5) is 4.61. The minimum atomic E-state index is -0.829. The van der Waals surface area contributed by atoms with E-state index in [0.717, 1.165) is 25.2 Å². The number of hydrogen-bond acceptors (Lipinski definition) is 4. The first-order chi connectivity index (χ1) is 9.03. The van der Waals surface area contributed by atoms with Crippen molar-refractivity contribution < 1.29 is 5.11 Å². The second-order valence-corrected chi connectivity index (χ2v) is 5.76. The fourth-order valence-corrected chi connectivity index (χ4v) is 2.76. The largest absolute Gasteiger partial charge is 0.384 e. The Bertz CT molecular complexity index is 394. The van der Waals surface area contributed by atoms with Crippen molar-refractivity contribution in [2.75, 3.05) is 39.8 Å². The first kappa shape index (κ1) is 14.5. The molecular formula is C15H25N3O. The topological polar surface area (TPSA) is 52.7 Å². The molecule has 106 valence electrons. The van der Waals surface area contributed by atoms with Crippen molar-refractivity contribution >= 4 is 0 Å². The Hall–Kier alpha value is -0.940. The molecule has 0 aromatic heterocycles. The van der Waals surface area contributed by atoms with E-state index in [-0.39, 0.29) is 0 Å². The Balaban J connectivity index is 2.07. The highest BCUT2D eigenvalue weighted by Crippen LogP contribution is 2.23. The minimum Gasteiger partial charge on any atom is -0.384 e. The van der Waals surface area contributed by atoms with Crippen LogP contribution in [0.2, 0.25) is 0 Å². The van der Waals surface area contributed by atoms with Crippen LogP contribution < -0.4 is 5.73 Å². The highest BCUT2D eigenvalue weighted by Gasteiger charge is 2.31. The summed E-state index contributed by atoms with van der Waals surface area (Å²) in [5.41, 5.74) is 6.00. The summed E-state index contributed by atoms with van der Waals surface area (Å²) in [5.74, 6) is 0. The number of nitrogens with zero attached hydrogens (tertiary/aromatic N) is 2. The van der Waals surface area contributed by atoms with Gasteiger partial charge in [0.05, 0.1) is 5.60 Å². The SMILES string of the molecule is CN1CCN(CC(C)(O)c2ccccc2)C(CN)C1. The molecule has 1 aliphatic heterocycles. The second kappa shape index (κ2) is 6.01. The number of benzene rings is 1. The van der Waals surface area contributed by atoms with Crippen LogP contribution in [0.4, 0.5) is 0 Å². The zero-order chi connectivity index (χ0) is 13.9. The van der Waals surface area contributed by atoms with Crippen molar-refractivity contribution in [3.63, 3.8) is 0 Å². The van der Waals surface area contributed by atoms with E-state index in [1.807, 2.05) is 37.3 Å². The quantitative estimate of drug-likeness (QED) is 0.829. The first-order valence-electron chi connectivity index (χ1n) is 6.93. The maximum Gasteiger partial charge on any atom is 0.0994 e. The summed E-state index contributed by atoms with van der Waals surface area (Å²) in [6.45, 7) is 6.11. The van der Waals surface area contributed by atoms with Crippen LogP contribution in [-0.2, 0) is 5.60 Å². The summed E-state index contributed by atoms with van der Waals surface area (Å²) in [6, 6.07) is 10.2. The van der Waals surface area contributed by atoms with E-state index in [2.05, 4.69) is 16.8 Å².